The van der Waals surface area contributed by atoms with Crippen LogP contribution in [0, 0.1) is 5.92 Å². The Morgan fingerprint density at radius 1 is 1.50 bits per heavy atom. The van der Waals surface area contributed by atoms with Crippen molar-refractivity contribution in [2.45, 2.75) is 25.8 Å². The Hall–Kier alpha value is -1.03. The molecule has 1 aliphatic heterocycles. The largest absolute Gasteiger partial charge is 0.508 e. The minimum atomic E-state index is 0.102. The van der Waals surface area contributed by atoms with E-state index >= 15 is 0 Å². The summed E-state index contributed by atoms with van der Waals surface area (Å²) in [4.78, 5) is 14.2. The van der Waals surface area contributed by atoms with Crippen LogP contribution in [0.25, 0.3) is 0 Å². The summed E-state index contributed by atoms with van der Waals surface area (Å²) in [5.74, 6) is 0.844. The second kappa shape index (κ2) is 5.74. The van der Waals surface area contributed by atoms with Crippen molar-refractivity contribution in [1.29, 1.82) is 0 Å². The van der Waals surface area contributed by atoms with Gasteiger partial charge in [-0.15, -0.1) is 0 Å². The Morgan fingerprint density at radius 3 is 2.89 bits per heavy atom. The summed E-state index contributed by atoms with van der Waals surface area (Å²) in [6.07, 6.45) is 1.34. The first kappa shape index (κ1) is 13.4. The van der Waals surface area contributed by atoms with Gasteiger partial charge in [0, 0.05) is 23.5 Å². The number of rotatable bonds is 3. The number of phenols is 1. The van der Waals surface area contributed by atoms with E-state index < -0.39 is 0 Å². The van der Waals surface area contributed by atoms with Crippen LogP contribution in [0.3, 0.4) is 0 Å². The fourth-order valence-corrected chi connectivity index (χ4v) is 3.47. The molecule has 1 aromatic carbocycles. The van der Waals surface area contributed by atoms with Crippen LogP contribution in [0.4, 0.5) is 0 Å². The molecule has 1 fully saturated rings. The van der Waals surface area contributed by atoms with Crippen LogP contribution in [0.15, 0.2) is 24.3 Å². The number of nitrogens with zero attached hydrogens (tertiary/aromatic N) is 1. The Bertz CT molecular complexity index is 436. The molecule has 4 heteroatoms. The first-order chi connectivity index (χ1) is 8.63. The van der Waals surface area contributed by atoms with E-state index in [0.29, 0.717) is 11.5 Å². The summed E-state index contributed by atoms with van der Waals surface area (Å²) < 4.78 is 0. The molecule has 0 spiro atoms. The van der Waals surface area contributed by atoms with Gasteiger partial charge in [-0.25, -0.2) is 0 Å². The van der Waals surface area contributed by atoms with Crippen molar-refractivity contribution in [3.05, 3.63) is 29.8 Å². The van der Waals surface area contributed by atoms with E-state index in [2.05, 4.69) is 22.9 Å². The van der Waals surface area contributed by atoms with Gasteiger partial charge in [0.15, 0.2) is 0 Å². The molecule has 0 bridgehead atoms. The van der Waals surface area contributed by atoms with E-state index in [0.717, 1.165) is 18.3 Å². The number of amides is 1. The quantitative estimate of drug-likeness (QED) is 0.872. The molecule has 2 unspecified atom stereocenters. The lowest BCUT2D eigenvalue weighted by atomic mass is 10.0. The normalized spacial score (nSPS) is 23.3. The van der Waals surface area contributed by atoms with Crippen molar-refractivity contribution in [2.75, 3.05) is 11.9 Å². The van der Waals surface area contributed by atoms with Gasteiger partial charge in [-0.1, -0.05) is 41.1 Å². The van der Waals surface area contributed by atoms with Gasteiger partial charge in [0.1, 0.15) is 5.75 Å². The molecule has 98 valence electrons. The van der Waals surface area contributed by atoms with E-state index in [4.69, 9.17) is 0 Å². The summed E-state index contributed by atoms with van der Waals surface area (Å²) >= 11 is 3.48. The molecule has 1 amide bonds. The third kappa shape index (κ3) is 2.69. The number of carbonyl (C=O) groups excluding carboxylic acids is 1. The monoisotopic (exact) mass is 311 g/mol. The standard InChI is InChI=1S/C14H18BrNO2/c1-10-6-7-16(12(10)9-15)14(18)8-11-4-2-3-5-13(11)17/h2-5,10,12,17H,6-9H2,1H3. The number of aromatic hydroxyl groups is 1. The molecule has 1 saturated heterocycles. The van der Waals surface area contributed by atoms with Crippen LogP contribution in [-0.4, -0.2) is 33.8 Å². The second-order valence-corrected chi connectivity index (χ2v) is 5.53. The molecule has 0 saturated carbocycles. The maximum Gasteiger partial charge on any atom is 0.227 e. The summed E-state index contributed by atoms with van der Waals surface area (Å²) in [5.41, 5.74) is 0.704. The summed E-state index contributed by atoms with van der Waals surface area (Å²) in [7, 11) is 0. The molecular formula is C14H18BrNO2. The maximum absolute atomic E-state index is 12.3. The van der Waals surface area contributed by atoms with Crippen LogP contribution in [0.2, 0.25) is 0 Å². The van der Waals surface area contributed by atoms with Gasteiger partial charge >= 0.3 is 0 Å². The highest BCUT2D eigenvalue weighted by Gasteiger charge is 2.33. The number of alkyl halides is 1. The van der Waals surface area contributed by atoms with Crippen molar-refractivity contribution in [2.24, 2.45) is 5.92 Å². The average Bonchev–Trinajstić information content (AvgIpc) is 2.73. The first-order valence-corrected chi connectivity index (χ1v) is 7.38. The molecule has 0 aliphatic carbocycles. The second-order valence-electron chi connectivity index (χ2n) is 4.88. The molecule has 3 nitrogen and oxygen atoms in total. The van der Waals surface area contributed by atoms with Crippen molar-refractivity contribution in [3.8, 4) is 5.75 Å². The predicted octanol–water partition coefficient (Wildman–Crippen LogP) is 2.57. The van der Waals surface area contributed by atoms with E-state index in [1.807, 2.05) is 11.0 Å². The van der Waals surface area contributed by atoms with Crippen LogP contribution in [0.5, 0.6) is 5.75 Å². The van der Waals surface area contributed by atoms with E-state index in [1.165, 1.54) is 0 Å². The van der Waals surface area contributed by atoms with Crippen LogP contribution < -0.4 is 0 Å². The minimum Gasteiger partial charge on any atom is -0.508 e. The summed E-state index contributed by atoms with van der Waals surface area (Å²) in [5, 5.41) is 10.5. The van der Waals surface area contributed by atoms with Crippen molar-refractivity contribution in [3.63, 3.8) is 0 Å². The zero-order valence-electron chi connectivity index (χ0n) is 10.5. The molecule has 2 rings (SSSR count). The first-order valence-electron chi connectivity index (χ1n) is 6.25. The number of para-hydroxylation sites is 1. The summed E-state index contributed by atoms with van der Waals surface area (Å²) in [6.45, 7) is 3.00. The highest BCUT2D eigenvalue weighted by molar-refractivity contribution is 9.09. The van der Waals surface area contributed by atoms with Gasteiger partial charge < -0.3 is 10.0 Å². The lowest BCUT2D eigenvalue weighted by molar-refractivity contribution is -0.131. The van der Waals surface area contributed by atoms with Crippen LogP contribution in [0.1, 0.15) is 18.9 Å². The minimum absolute atomic E-state index is 0.102. The third-order valence-electron chi connectivity index (χ3n) is 3.69. The summed E-state index contributed by atoms with van der Waals surface area (Å²) in [6, 6.07) is 7.32. The van der Waals surface area contributed by atoms with Crippen molar-refractivity contribution in [1.82, 2.24) is 4.90 Å². The lowest BCUT2D eigenvalue weighted by Gasteiger charge is -2.25. The number of phenolic OH excluding ortho intramolecular Hbond substituents is 1. The van der Waals surface area contributed by atoms with Gasteiger partial charge in [-0.2, -0.15) is 0 Å². The Labute approximate surface area is 116 Å². The highest BCUT2D eigenvalue weighted by Crippen LogP contribution is 2.27. The Morgan fingerprint density at radius 2 is 2.22 bits per heavy atom. The molecule has 1 heterocycles. The lowest BCUT2D eigenvalue weighted by Crippen LogP contribution is -2.39. The van der Waals surface area contributed by atoms with E-state index in [9.17, 15) is 9.90 Å². The zero-order valence-corrected chi connectivity index (χ0v) is 12.1. The number of likely N-dealkylation sites (tertiary alicyclic amines) is 1. The predicted molar refractivity (Wildman–Crippen MR) is 74.9 cm³/mol. The fraction of sp³-hybridized carbons (Fsp3) is 0.500. The fourth-order valence-electron chi connectivity index (χ4n) is 2.48. The highest BCUT2D eigenvalue weighted by atomic mass is 79.9. The molecule has 18 heavy (non-hydrogen) atoms. The Kier molecular flexibility index (Phi) is 4.27. The van der Waals surface area contributed by atoms with Crippen LogP contribution in [-0.2, 0) is 11.2 Å². The number of hydrogen-bond acceptors (Lipinski definition) is 2. The molecule has 0 radical (unpaired) electrons. The molecule has 1 aromatic rings. The topological polar surface area (TPSA) is 40.5 Å². The average molecular weight is 312 g/mol. The maximum atomic E-state index is 12.3. The molecule has 2 atom stereocenters. The van der Waals surface area contributed by atoms with Gasteiger partial charge in [0.05, 0.1) is 6.42 Å². The van der Waals surface area contributed by atoms with Crippen LogP contribution >= 0.6 is 15.9 Å². The SMILES string of the molecule is CC1CCN(C(=O)Cc2ccccc2O)C1CBr. The number of hydrogen-bond donors (Lipinski definition) is 1. The molecule has 1 N–H and O–H groups in total. The molecule has 0 aromatic heterocycles. The van der Waals surface area contributed by atoms with Gasteiger partial charge in [0.2, 0.25) is 5.91 Å². The van der Waals surface area contributed by atoms with Gasteiger partial charge in [-0.05, 0) is 18.4 Å². The molecular weight excluding hydrogens is 294 g/mol. The number of carbonyl (C=O) groups is 1. The Balaban J connectivity index is 2.07. The van der Waals surface area contributed by atoms with Gasteiger partial charge in [-0.3, -0.25) is 4.79 Å². The smallest absolute Gasteiger partial charge is 0.227 e. The van der Waals surface area contributed by atoms with E-state index in [-0.39, 0.29) is 24.1 Å². The zero-order chi connectivity index (χ0) is 13.1. The number of benzene rings is 1. The van der Waals surface area contributed by atoms with E-state index in [1.54, 1.807) is 18.2 Å². The third-order valence-corrected chi connectivity index (χ3v) is 4.36. The van der Waals surface area contributed by atoms with Crippen molar-refractivity contribution >= 4 is 21.8 Å². The number of halogens is 1. The van der Waals surface area contributed by atoms with Crippen molar-refractivity contribution < 1.29 is 9.90 Å². The van der Waals surface area contributed by atoms with Gasteiger partial charge in [0.25, 0.3) is 0 Å². The molecule has 1 aliphatic rings.